The fourth-order valence-corrected chi connectivity index (χ4v) is 4.84. The van der Waals surface area contributed by atoms with Gasteiger partial charge in [0.1, 0.15) is 0 Å². The number of benzene rings is 3. The van der Waals surface area contributed by atoms with Gasteiger partial charge in [-0.15, -0.1) is 0 Å². The summed E-state index contributed by atoms with van der Waals surface area (Å²) in [5.74, 6) is 0. The highest BCUT2D eigenvalue weighted by molar-refractivity contribution is 7.80. The minimum atomic E-state index is -3.03. The van der Waals surface area contributed by atoms with Crippen LogP contribution in [0.4, 0.5) is 5.69 Å². The van der Waals surface area contributed by atoms with Crippen molar-refractivity contribution in [2.45, 2.75) is 0 Å². The van der Waals surface area contributed by atoms with Gasteiger partial charge in [-0.1, -0.05) is 59.6 Å². The normalized spacial score (nSPS) is 11.2. The quantitative estimate of drug-likeness (QED) is 0.636. The number of halogens is 2. The Morgan fingerprint density at radius 3 is 1.70 bits per heavy atom. The summed E-state index contributed by atoms with van der Waals surface area (Å²) >= 11 is 12.0. The summed E-state index contributed by atoms with van der Waals surface area (Å²) in [7, 11) is -3.03. The molecule has 0 saturated heterocycles. The summed E-state index contributed by atoms with van der Waals surface area (Å²) in [6.45, 7) is 0. The Labute approximate surface area is 145 Å². The molecule has 0 fully saturated rings. The Morgan fingerprint density at radius 1 is 0.696 bits per heavy atom. The molecule has 3 aromatic carbocycles. The highest BCUT2D eigenvalue weighted by atomic mass is 35.5. The molecule has 0 saturated carbocycles. The van der Waals surface area contributed by atoms with Crippen LogP contribution in [0.15, 0.2) is 78.9 Å². The minimum absolute atomic E-state index is 0.421. The molecule has 0 atom stereocenters. The van der Waals surface area contributed by atoms with E-state index in [1.165, 1.54) is 0 Å². The Bertz CT molecular complexity index is 810. The van der Waals surface area contributed by atoms with E-state index in [1.54, 1.807) is 18.2 Å². The third kappa shape index (κ3) is 3.45. The predicted molar refractivity (Wildman–Crippen MR) is 99.8 cm³/mol. The summed E-state index contributed by atoms with van der Waals surface area (Å²) in [5.41, 5.74) is 0.662. The summed E-state index contributed by atoms with van der Waals surface area (Å²) < 4.78 is 13.8. The minimum Gasteiger partial charge on any atom is -0.329 e. The molecule has 0 aliphatic heterocycles. The van der Waals surface area contributed by atoms with E-state index in [-0.39, 0.29) is 0 Å². The second kappa shape index (κ2) is 6.80. The first-order chi connectivity index (χ1) is 11.1. The highest BCUT2D eigenvalue weighted by Gasteiger charge is 2.27. The van der Waals surface area contributed by atoms with Crippen molar-refractivity contribution < 1.29 is 4.57 Å². The van der Waals surface area contributed by atoms with Gasteiger partial charge in [-0.2, -0.15) is 0 Å². The Hall–Kier alpha value is -1.73. The van der Waals surface area contributed by atoms with E-state index >= 15 is 0 Å². The van der Waals surface area contributed by atoms with E-state index in [2.05, 4.69) is 5.09 Å². The van der Waals surface area contributed by atoms with Gasteiger partial charge >= 0.3 is 0 Å². The van der Waals surface area contributed by atoms with E-state index in [4.69, 9.17) is 23.2 Å². The maximum absolute atomic E-state index is 13.8. The Kier molecular flexibility index (Phi) is 4.77. The largest absolute Gasteiger partial charge is 0.329 e. The smallest absolute Gasteiger partial charge is 0.227 e. The van der Waals surface area contributed by atoms with Crippen LogP contribution in [-0.4, -0.2) is 0 Å². The molecule has 0 aliphatic rings. The van der Waals surface area contributed by atoms with Crippen molar-refractivity contribution in [3.63, 3.8) is 0 Å². The number of nitrogens with one attached hydrogen (secondary N) is 1. The molecular formula is C18H14Cl2NOP. The Morgan fingerprint density at radius 2 is 1.22 bits per heavy atom. The lowest BCUT2D eigenvalue weighted by molar-refractivity contribution is 0.590. The average Bonchev–Trinajstić information content (AvgIpc) is 2.60. The second-order valence-corrected chi connectivity index (χ2v) is 8.31. The molecule has 0 aromatic heterocycles. The maximum Gasteiger partial charge on any atom is 0.227 e. The van der Waals surface area contributed by atoms with Crippen LogP contribution >= 0.6 is 30.5 Å². The molecule has 3 aromatic rings. The van der Waals surface area contributed by atoms with Crippen molar-refractivity contribution in [2.24, 2.45) is 0 Å². The third-order valence-electron chi connectivity index (χ3n) is 3.45. The molecule has 0 radical (unpaired) electrons. The van der Waals surface area contributed by atoms with Gasteiger partial charge in [0.15, 0.2) is 0 Å². The zero-order valence-electron chi connectivity index (χ0n) is 12.1. The third-order valence-corrected chi connectivity index (χ3v) is 6.81. The van der Waals surface area contributed by atoms with E-state index in [0.717, 1.165) is 10.6 Å². The molecule has 1 N–H and O–H groups in total. The van der Waals surface area contributed by atoms with Crippen molar-refractivity contribution >= 4 is 46.8 Å². The first-order valence-electron chi connectivity index (χ1n) is 7.04. The second-order valence-electron chi connectivity index (χ2n) is 5.02. The van der Waals surface area contributed by atoms with Gasteiger partial charge < -0.3 is 5.09 Å². The van der Waals surface area contributed by atoms with Crippen LogP contribution in [0.5, 0.6) is 0 Å². The van der Waals surface area contributed by atoms with Gasteiger partial charge in [0.2, 0.25) is 7.29 Å². The zero-order chi connectivity index (χ0) is 16.3. The van der Waals surface area contributed by atoms with E-state index in [9.17, 15) is 4.57 Å². The summed E-state index contributed by atoms with van der Waals surface area (Å²) in [5, 5.41) is 5.52. The van der Waals surface area contributed by atoms with Gasteiger partial charge in [0.05, 0.1) is 10.0 Å². The maximum atomic E-state index is 13.8. The zero-order valence-corrected chi connectivity index (χ0v) is 14.5. The van der Waals surface area contributed by atoms with Crippen molar-refractivity contribution in [1.82, 2.24) is 0 Å². The molecular weight excluding hydrogens is 348 g/mol. The lowest BCUT2D eigenvalue weighted by Gasteiger charge is -2.22. The Balaban J connectivity index is 2.09. The van der Waals surface area contributed by atoms with Gasteiger partial charge in [0.25, 0.3) is 0 Å². The first kappa shape index (κ1) is 16.1. The van der Waals surface area contributed by atoms with Crippen molar-refractivity contribution in [3.05, 3.63) is 88.9 Å². The molecule has 23 heavy (non-hydrogen) atoms. The van der Waals surface area contributed by atoms with Crippen molar-refractivity contribution in [2.75, 3.05) is 5.09 Å². The van der Waals surface area contributed by atoms with Crippen LogP contribution in [0.2, 0.25) is 10.0 Å². The van der Waals surface area contributed by atoms with Crippen LogP contribution < -0.4 is 15.7 Å². The van der Waals surface area contributed by atoms with E-state index in [1.807, 2.05) is 60.7 Å². The van der Waals surface area contributed by atoms with Gasteiger partial charge in [0, 0.05) is 16.3 Å². The monoisotopic (exact) mass is 361 g/mol. The molecule has 3 rings (SSSR count). The number of anilines is 1. The van der Waals surface area contributed by atoms with Gasteiger partial charge in [-0.25, -0.2) is 0 Å². The van der Waals surface area contributed by atoms with Gasteiger partial charge in [-0.3, -0.25) is 4.57 Å². The van der Waals surface area contributed by atoms with Crippen molar-refractivity contribution in [3.8, 4) is 0 Å². The fraction of sp³-hybridized carbons (Fsp3) is 0. The molecule has 116 valence electrons. The molecule has 2 nitrogen and oxygen atoms in total. The van der Waals surface area contributed by atoms with Crippen LogP contribution in [0.25, 0.3) is 0 Å². The molecule has 0 bridgehead atoms. The summed E-state index contributed by atoms with van der Waals surface area (Å²) in [6.07, 6.45) is 0. The van der Waals surface area contributed by atoms with Crippen LogP contribution in [0.1, 0.15) is 0 Å². The molecule has 0 amide bonds. The van der Waals surface area contributed by atoms with Crippen LogP contribution in [0, 0.1) is 0 Å². The lowest BCUT2D eigenvalue weighted by Crippen LogP contribution is -2.21. The molecule has 0 unspecified atom stereocenters. The number of hydrogen-bond donors (Lipinski definition) is 1. The van der Waals surface area contributed by atoms with E-state index in [0.29, 0.717) is 15.7 Å². The SMILES string of the molecule is O=P(Nc1ccc(Cl)c(Cl)c1)(c1ccccc1)c1ccccc1. The number of rotatable bonds is 4. The molecule has 0 heterocycles. The van der Waals surface area contributed by atoms with E-state index < -0.39 is 7.29 Å². The topological polar surface area (TPSA) is 29.1 Å². The summed E-state index contributed by atoms with van der Waals surface area (Å²) in [4.78, 5) is 0. The standard InChI is InChI=1S/C18H14Cl2NOP/c19-17-12-11-14(13-18(17)20)21-23(22,15-7-3-1-4-8-15)16-9-5-2-6-10-16/h1-13H,(H,21,22). The predicted octanol–water partition coefficient (Wildman–Crippen LogP) is 5.33. The highest BCUT2D eigenvalue weighted by Crippen LogP contribution is 2.44. The van der Waals surface area contributed by atoms with Crippen molar-refractivity contribution in [1.29, 1.82) is 0 Å². The van der Waals surface area contributed by atoms with Crippen LogP contribution in [0.3, 0.4) is 0 Å². The molecule has 0 spiro atoms. The summed E-state index contributed by atoms with van der Waals surface area (Å²) in [6, 6.07) is 23.9. The number of hydrogen-bond acceptors (Lipinski definition) is 1. The van der Waals surface area contributed by atoms with Crippen LogP contribution in [-0.2, 0) is 4.57 Å². The lowest BCUT2D eigenvalue weighted by atomic mass is 10.3. The van der Waals surface area contributed by atoms with Gasteiger partial charge in [-0.05, 0) is 42.5 Å². The first-order valence-corrected chi connectivity index (χ1v) is 9.50. The molecule has 0 aliphatic carbocycles. The fourth-order valence-electron chi connectivity index (χ4n) is 2.30. The molecule has 5 heteroatoms. The average molecular weight is 362 g/mol.